The van der Waals surface area contributed by atoms with Gasteiger partial charge in [-0.15, -0.1) is 0 Å². The van der Waals surface area contributed by atoms with Crippen molar-refractivity contribution in [2.24, 2.45) is 17.8 Å². The number of aromatic nitrogens is 2. The highest BCUT2D eigenvalue weighted by Crippen LogP contribution is 2.66. The van der Waals surface area contributed by atoms with Crippen molar-refractivity contribution in [2.45, 2.75) is 59.3 Å². The summed E-state index contributed by atoms with van der Waals surface area (Å²) >= 11 is 8.14. The molecule has 1 aromatic carbocycles. The monoisotopic (exact) mass is 490 g/mol. The summed E-state index contributed by atoms with van der Waals surface area (Å²) < 4.78 is 2.87. The van der Waals surface area contributed by atoms with E-state index in [9.17, 15) is 5.11 Å². The number of benzene rings is 1. The number of rotatable bonds is 3. The van der Waals surface area contributed by atoms with E-state index in [4.69, 9.17) is 0 Å². The Kier molecular flexibility index (Phi) is 3.64. The fourth-order valence-electron chi connectivity index (χ4n) is 7.16. The van der Waals surface area contributed by atoms with Crippen LogP contribution in [0, 0.1) is 17.8 Å². The average molecular weight is 492 g/mol. The fourth-order valence-corrected chi connectivity index (χ4v) is 10.3. The number of hydrogen-bond acceptors (Lipinski definition) is 2. The van der Waals surface area contributed by atoms with Crippen molar-refractivity contribution in [2.75, 3.05) is 0 Å². The predicted molar refractivity (Wildman–Crippen MR) is 113 cm³/mol. The number of alkyl halides is 2. The average Bonchev–Trinajstić information content (AvgIpc) is 3.15. The molecular formula is C22H24Br2N2O. The fraction of sp³-hybridized carbons (Fsp3) is 0.591. The molecule has 0 spiro atoms. The van der Waals surface area contributed by atoms with Gasteiger partial charge in [0.25, 0.3) is 0 Å². The van der Waals surface area contributed by atoms with Crippen LogP contribution >= 0.6 is 31.9 Å². The van der Waals surface area contributed by atoms with E-state index in [0.717, 1.165) is 6.42 Å². The normalized spacial score (nSPS) is 42.2. The molecule has 2 unspecified atom stereocenters. The van der Waals surface area contributed by atoms with E-state index < -0.39 is 0 Å². The Labute approximate surface area is 176 Å². The minimum Gasteiger partial charge on any atom is -0.393 e. The second kappa shape index (κ2) is 5.70. The summed E-state index contributed by atoms with van der Waals surface area (Å²) in [6.45, 7) is 0. The Bertz CT molecular complexity index is 873. The molecule has 2 atom stereocenters. The van der Waals surface area contributed by atoms with Crippen molar-refractivity contribution in [1.82, 2.24) is 9.55 Å². The van der Waals surface area contributed by atoms with Crippen LogP contribution in [0.2, 0.25) is 0 Å². The van der Waals surface area contributed by atoms with E-state index >= 15 is 0 Å². The predicted octanol–water partition coefficient (Wildman–Crippen LogP) is 5.31. The molecule has 0 amide bonds. The first-order chi connectivity index (χ1) is 12.9. The number of hydrogen-bond donors (Lipinski definition) is 1. The summed E-state index contributed by atoms with van der Waals surface area (Å²) in [6.07, 6.45) is 10.5. The van der Waals surface area contributed by atoms with Crippen LogP contribution in [0.4, 0.5) is 0 Å². The Hall–Kier alpha value is -0.650. The lowest BCUT2D eigenvalue weighted by Crippen LogP contribution is -2.59. The van der Waals surface area contributed by atoms with E-state index in [1.54, 1.807) is 0 Å². The van der Waals surface area contributed by atoms with Gasteiger partial charge >= 0.3 is 0 Å². The van der Waals surface area contributed by atoms with E-state index in [1.807, 2.05) is 12.5 Å². The number of fused-ring (bicyclic) bond motifs is 3. The van der Waals surface area contributed by atoms with Gasteiger partial charge in [-0.05, 0) is 61.8 Å². The maximum absolute atomic E-state index is 11.4. The van der Waals surface area contributed by atoms with Crippen molar-refractivity contribution in [3.8, 4) is 11.3 Å². The highest BCUT2D eigenvalue weighted by atomic mass is 79.9. The van der Waals surface area contributed by atoms with Gasteiger partial charge in [-0.3, -0.25) is 0 Å². The van der Waals surface area contributed by atoms with Crippen molar-refractivity contribution in [3.63, 3.8) is 0 Å². The third-order valence-corrected chi connectivity index (χ3v) is 9.60. The van der Waals surface area contributed by atoms with Crippen LogP contribution < -0.4 is 0 Å². The quantitative estimate of drug-likeness (QED) is 0.590. The van der Waals surface area contributed by atoms with Gasteiger partial charge in [-0.2, -0.15) is 0 Å². The third-order valence-electron chi connectivity index (χ3n) is 7.74. The van der Waals surface area contributed by atoms with Crippen LogP contribution in [0.25, 0.3) is 11.3 Å². The Balaban J connectivity index is 1.30. The highest BCUT2D eigenvalue weighted by molar-refractivity contribution is 9.10. The van der Waals surface area contributed by atoms with Crippen molar-refractivity contribution >= 4 is 31.9 Å². The molecule has 4 fully saturated rings. The molecule has 0 saturated heterocycles. The zero-order valence-electron chi connectivity index (χ0n) is 15.2. The minimum absolute atomic E-state index is 0.210. The van der Waals surface area contributed by atoms with Crippen LogP contribution in [-0.4, -0.2) is 29.4 Å². The van der Waals surface area contributed by atoms with Gasteiger partial charge in [0.2, 0.25) is 0 Å². The summed E-state index contributed by atoms with van der Waals surface area (Å²) in [4.78, 5) is 4.37. The van der Waals surface area contributed by atoms with E-state index in [1.165, 1.54) is 48.9 Å². The smallest absolute Gasteiger partial charge is 0.0956 e. The molecule has 1 aromatic heterocycles. The second-order valence-corrected chi connectivity index (χ2v) is 12.8. The molecule has 2 heterocycles. The lowest BCUT2D eigenvalue weighted by Gasteiger charge is -2.62. The number of aliphatic hydroxyl groups excluding tert-OH is 1. The maximum Gasteiger partial charge on any atom is 0.0956 e. The van der Waals surface area contributed by atoms with Gasteiger partial charge < -0.3 is 9.67 Å². The summed E-state index contributed by atoms with van der Waals surface area (Å²) in [5.41, 5.74) is 3.80. The van der Waals surface area contributed by atoms with Gasteiger partial charge in [0.15, 0.2) is 0 Å². The van der Waals surface area contributed by atoms with Crippen LogP contribution in [0.1, 0.15) is 50.1 Å². The molecule has 5 aliphatic rings. The number of nitrogens with zero attached hydrogens (tertiary/aromatic N) is 2. The zero-order valence-corrected chi connectivity index (χ0v) is 18.4. The molecular weight excluding hydrogens is 468 g/mol. The Morgan fingerprint density at radius 3 is 2.48 bits per heavy atom. The van der Waals surface area contributed by atoms with Crippen LogP contribution in [-0.2, 0) is 0 Å². The van der Waals surface area contributed by atoms with Gasteiger partial charge in [0.1, 0.15) is 0 Å². The lowest BCUT2D eigenvalue weighted by molar-refractivity contribution is -0.0706. The molecule has 3 nitrogen and oxygen atoms in total. The minimum atomic E-state index is -0.251. The molecule has 2 aromatic rings. The topological polar surface area (TPSA) is 38.1 Å². The van der Waals surface area contributed by atoms with E-state index in [0.29, 0.717) is 26.4 Å². The molecule has 5 heteroatoms. The second-order valence-electron chi connectivity index (χ2n) is 9.48. The first kappa shape index (κ1) is 17.2. The Morgan fingerprint density at radius 1 is 1.11 bits per heavy atom. The number of aliphatic hydroxyl groups is 1. The molecule has 4 saturated carbocycles. The zero-order chi connectivity index (χ0) is 18.4. The standard InChI is InChI=1S/C22H24Br2N2O/c23-21-6-13-7-22(24,11-21)9-14(8-21)20(13)19(27)5-17-15-3-1-2-4-16(15)18-10-25-12-26(17)18/h1-4,10,12-14,17,19-20,27H,5-9,11H2. The molecule has 142 valence electrons. The van der Waals surface area contributed by atoms with Gasteiger partial charge in [0, 0.05) is 14.2 Å². The summed E-state index contributed by atoms with van der Waals surface area (Å²) in [6, 6.07) is 8.82. The number of imidazole rings is 1. The summed E-state index contributed by atoms with van der Waals surface area (Å²) in [7, 11) is 0. The molecule has 1 aliphatic heterocycles. The SMILES string of the molecule is OC(CC1c2ccccc2-c2cncn21)C1C2CC3(Br)CC1CC(Br)(C2)C3. The molecule has 27 heavy (non-hydrogen) atoms. The summed E-state index contributed by atoms with van der Waals surface area (Å²) in [5, 5.41) is 11.4. The molecule has 4 aliphatic carbocycles. The van der Waals surface area contributed by atoms with Crippen molar-refractivity contribution in [1.29, 1.82) is 0 Å². The van der Waals surface area contributed by atoms with Crippen LogP contribution in [0.15, 0.2) is 36.8 Å². The van der Waals surface area contributed by atoms with E-state index in [2.05, 4.69) is 65.7 Å². The van der Waals surface area contributed by atoms with Gasteiger partial charge in [0.05, 0.1) is 30.4 Å². The molecule has 7 rings (SSSR count). The van der Waals surface area contributed by atoms with Crippen LogP contribution in [0.3, 0.4) is 0 Å². The third kappa shape index (κ3) is 2.50. The van der Waals surface area contributed by atoms with Crippen molar-refractivity contribution < 1.29 is 5.11 Å². The largest absolute Gasteiger partial charge is 0.393 e. The summed E-state index contributed by atoms with van der Waals surface area (Å²) in [5.74, 6) is 1.68. The Morgan fingerprint density at radius 2 is 1.78 bits per heavy atom. The number of halogens is 2. The highest BCUT2D eigenvalue weighted by Gasteiger charge is 2.60. The van der Waals surface area contributed by atoms with Gasteiger partial charge in [-0.1, -0.05) is 56.1 Å². The van der Waals surface area contributed by atoms with E-state index in [-0.39, 0.29) is 12.1 Å². The van der Waals surface area contributed by atoms with Gasteiger partial charge in [-0.25, -0.2) is 4.98 Å². The first-order valence-corrected chi connectivity index (χ1v) is 11.7. The first-order valence-electron chi connectivity index (χ1n) is 10.1. The molecule has 4 bridgehead atoms. The molecule has 1 N–H and O–H groups in total. The maximum atomic E-state index is 11.4. The molecule has 0 radical (unpaired) electrons. The van der Waals surface area contributed by atoms with Crippen LogP contribution in [0.5, 0.6) is 0 Å². The van der Waals surface area contributed by atoms with Crippen molar-refractivity contribution in [3.05, 3.63) is 42.4 Å². The lowest BCUT2D eigenvalue weighted by atomic mass is 9.50.